The summed E-state index contributed by atoms with van der Waals surface area (Å²) in [7, 11) is 1.18. The number of methoxy groups -OCH3 is 1. The van der Waals surface area contributed by atoms with Crippen LogP contribution < -0.4 is 0 Å². The molecular formula is C15H23F2N3O2. The fourth-order valence-electron chi connectivity index (χ4n) is 3.00. The van der Waals surface area contributed by atoms with Gasteiger partial charge in [0.15, 0.2) is 0 Å². The molecule has 0 spiro atoms. The predicted octanol–water partition coefficient (Wildman–Crippen LogP) is 2.24. The molecule has 0 N–H and O–H groups in total. The third kappa shape index (κ3) is 3.75. The molecule has 2 saturated heterocycles. The Hall–Kier alpha value is -1.66. The van der Waals surface area contributed by atoms with Crippen molar-refractivity contribution in [3.05, 3.63) is 12.4 Å². The molecule has 22 heavy (non-hydrogen) atoms. The largest absolute Gasteiger partial charge is 0.480 e. The molecule has 0 saturated carbocycles. The molecule has 2 aliphatic rings. The van der Waals surface area contributed by atoms with Crippen molar-refractivity contribution >= 4 is 11.8 Å². The fraction of sp³-hybridized carbons (Fsp3) is 0.733. The molecule has 2 fully saturated rings. The van der Waals surface area contributed by atoms with Gasteiger partial charge in [-0.2, -0.15) is 13.8 Å². The highest BCUT2D eigenvalue weighted by Crippen LogP contribution is 2.24. The second kappa shape index (κ2) is 6.62. The Morgan fingerprint density at radius 1 is 1.36 bits per heavy atom. The average Bonchev–Trinajstić information content (AvgIpc) is 2.89. The van der Waals surface area contributed by atoms with Gasteiger partial charge in [0, 0.05) is 39.0 Å². The third-order valence-electron chi connectivity index (χ3n) is 4.18. The Morgan fingerprint density at radius 2 is 2.00 bits per heavy atom. The monoisotopic (exact) mass is 315 g/mol. The maximum atomic E-state index is 13.3. The van der Waals surface area contributed by atoms with Crippen molar-refractivity contribution in [2.45, 2.75) is 44.6 Å². The Morgan fingerprint density at radius 3 is 2.45 bits per heavy atom. The Bertz CT molecular complexity index is 466. The van der Waals surface area contributed by atoms with E-state index in [2.05, 4.69) is 16.3 Å². The molecule has 2 rings (SSSR count). The van der Waals surface area contributed by atoms with Crippen LogP contribution in [0.25, 0.3) is 0 Å². The standard InChI is InChI=1S/C15H23F2N3O2/c1-11(18-14(22-3)15(2,16)17)19-9-6-12(7-10-19)20-8-4-5-13(20)21/h12H,1,4-10H2,2-3H3/b18-14-. The van der Waals surface area contributed by atoms with Gasteiger partial charge < -0.3 is 14.5 Å². The van der Waals surface area contributed by atoms with Crippen LogP contribution in [0.4, 0.5) is 8.78 Å². The molecule has 0 aromatic rings. The summed E-state index contributed by atoms with van der Waals surface area (Å²) < 4.78 is 31.2. The third-order valence-corrected chi connectivity index (χ3v) is 4.18. The summed E-state index contributed by atoms with van der Waals surface area (Å²) in [5.41, 5.74) is 0. The first-order chi connectivity index (χ1) is 10.3. The molecule has 0 radical (unpaired) electrons. The van der Waals surface area contributed by atoms with Crippen LogP contribution in [0.5, 0.6) is 0 Å². The van der Waals surface area contributed by atoms with E-state index in [0.717, 1.165) is 32.7 Å². The molecule has 0 aliphatic carbocycles. The van der Waals surface area contributed by atoms with E-state index in [9.17, 15) is 13.6 Å². The topological polar surface area (TPSA) is 45.1 Å². The summed E-state index contributed by atoms with van der Waals surface area (Å²) >= 11 is 0. The highest BCUT2D eigenvalue weighted by molar-refractivity contribution is 5.83. The number of halogens is 2. The lowest BCUT2D eigenvalue weighted by Crippen LogP contribution is -2.45. The minimum absolute atomic E-state index is 0.225. The van der Waals surface area contributed by atoms with Crippen molar-refractivity contribution in [1.29, 1.82) is 0 Å². The van der Waals surface area contributed by atoms with Crippen LogP contribution in [-0.2, 0) is 9.53 Å². The Labute approximate surface area is 129 Å². The molecule has 1 amide bonds. The van der Waals surface area contributed by atoms with Crippen molar-refractivity contribution in [3.8, 4) is 0 Å². The Kier molecular flexibility index (Phi) is 5.03. The smallest absolute Gasteiger partial charge is 0.319 e. The van der Waals surface area contributed by atoms with Crippen molar-refractivity contribution in [2.24, 2.45) is 4.99 Å². The number of carbonyl (C=O) groups is 1. The summed E-state index contributed by atoms with van der Waals surface area (Å²) in [6, 6.07) is 0.248. The van der Waals surface area contributed by atoms with E-state index in [4.69, 9.17) is 0 Å². The van der Waals surface area contributed by atoms with Gasteiger partial charge in [-0.05, 0) is 19.3 Å². The van der Waals surface area contributed by atoms with Gasteiger partial charge in [0.2, 0.25) is 5.91 Å². The number of likely N-dealkylation sites (tertiary alicyclic amines) is 2. The molecule has 0 aromatic heterocycles. The minimum Gasteiger partial charge on any atom is -0.480 e. The molecule has 0 unspecified atom stereocenters. The molecule has 2 heterocycles. The maximum absolute atomic E-state index is 13.3. The summed E-state index contributed by atoms with van der Waals surface area (Å²) in [6.45, 7) is 6.65. The first-order valence-corrected chi connectivity index (χ1v) is 7.57. The minimum atomic E-state index is -3.13. The highest BCUT2D eigenvalue weighted by Gasteiger charge is 2.33. The number of hydrogen-bond acceptors (Lipinski definition) is 4. The second-order valence-corrected chi connectivity index (χ2v) is 5.83. The van der Waals surface area contributed by atoms with Gasteiger partial charge in [0.25, 0.3) is 5.90 Å². The number of hydrogen-bond donors (Lipinski definition) is 0. The molecule has 5 nitrogen and oxygen atoms in total. The van der Waals surface area contributed by atoms with Gasteiger partial charge in [0.05, 0.1) is 7.11 Å². The second-order valence-electron chi connectivity index (χ2n) is 5.83. The van der Waals surface area contributed by atoms with E-state index >= 15 is 0 Å². The number of amides is 1. The van der Waals surface area contributed by atoms with Crippen molar-refractivity contribution in [2.75, 3.05) is 26.7 Å². The molecule has 0 atom stereocenters. The fourth-order valence-corrected chi connectivity index (χ4v) is 3.00. The lowest BCUT2D eigenvalue weighted by Gasteiger charge is -2.37. The van der Waals surface area contributed by atoms with Crippen molar-refractivity contribution in [1.82, 2.24) is 9.80 Å². The number of nitrogens with zero attached hydrogens (tertiary/aromatic N) is 3. The summed E-state index contributed by atoms with van der Waals surface area (Å²) in [5.74, 6) is -3.25. The number of ether oxygens (including phenoxy) is 1. The summed E-state index contributed by atoms with van der Waals surface area (Å²) in [6.07, 6.45) is 3.19. The van der Waals surface area contributed by atoms with Crippen LogP contribution in [0.3, 0.4) is 0 Å². The summed E-state index contributed by atoms with van der Waals surface area (Å²) in [5, 5.41) is 0. The zero-order valence-corrected chi connectivity index (χ0v) is 13.1. The zero-order valence-electron chi connectivity index (χ0n) is 13.1. The normalized spacial score (nSPS) is 21.5. The van der Waals surface area contributed by atoms with Gasteiger partial charge in [0.1, 0.15) is 5.82 Å². The quantitative estimate of drug-likeness (QED) is 0.590. The van der Waals surface area contributed by atoms with E-state index < -0.39 is 11.8 Å². The lowest BCUT2D eigenvalue weighted by molar-refractivity contribution is -0.130. The number of carbonyl (C=O) groups excluding carboxylic acids is 1. The summed E-state index contributed by atoms with van der Waals surface area (Å²) in [4.78, 5) is 19.4. The van der Waals surface area contributed by atoms with E-state index in [0.29, 0.717) is 19.5 Å². The SMILES string of the molecule is C=C(/N=C(\OC)C(C)(F)F)N1CCC(N2CCCC2=O)CC1. The van der Waals surface area contributed by atoms with Gasteiger partial charge >= 0.3 is 5.92 Å². The average molecular weight is 315 g/mol. The molecule has 2 aliphatic heterocycles. The molecule has 124 valence electrons. The van der Waals surface area contributed by atoms with Crippen LogP contribution in [0, 0.1) is 0 Å². The zero-order chi connectivity index (χ0) is 16.3. The predicted molar refractivity (Wildman–Crippen MR) is 79.7 cm³/mol. The van der Waals surface area contributed by atoms with Gasteiger partial charge in [-0.15, -0.1) is 0 Å². The van der Waals surface area contributed by atoms with Gasteiger partial charge in [-0.3, -0.25) is 4.79 Å². The lowest BCUT2D eigenvalue weighted by atomic mass is 10.0. The van der Waals surface area contributed by atoms with E-state index in [1.165, 1.54) is 7.11 Å². The maximum Gasteiger partial charge on any atom is 0.319 e. The molecular weight excluding hydrogens is 292 g/mol. The highest BCUT2D eigenvalue weighted by atomic mass is 19.3. The first kappa shape index (κ1) is 16.7. The molecule has 0 bridgehead atoms. The van der Waals surface area contributed by atoms with Crippen molar-refractivity contribution < 1.29 is 18.3 Å². The number of piperidine rings is 1. The van der Waals surface area contributed by atoms with Gasteiger partial charge in [-0.1, -0.05) is 6.58 Å². The number of alkyl halides is 2. The van der Waals surface area contributed by atoms with E-state index in [1.54, 1.807) is 0 Å². The first-order valence-electron chi connectivity index (χ1n) is 7.57. The molecule has 0 aromatic carbocycles. The van der Waals surface area contributed by atoms with Crippen molar-refractivity contribution in [3.63, 3.8) is 0 Å². The number of aliphatic imine (C=N–C) groups is 1. The van der Waals surface area contributed by atoms with E-state index in [1.807, 2.05) is 9.80 Å². The van der Waals surface area contributed by atoms with Crippen LogP contribution >= 0.6 is 0 Å². The molecule has 7 heteroatoms. The van der Waals surface area contributed by atoms with Crippen LogP contribution in [0.1, 0.15) is 32.6 Å². The van der Waals surface area contributed by atoms with Gasteiger partial charge in [-0.25, -0.2) is 0 Å². The Balaban J connectivity index is 1.92. The van der Waals surface area contributed by atoms with Crippen LogP contribution in [0.15, 0.2) is 17.4 Å². The van der Waals surface area contributed by atoms with Crippen LogP contribution in [0.2, 0.25) is 0 Å². The van der Waals surface area contributed by atoms with E-state index in [-0.39, 0.29) is 17.8 Å². The number of rotatable bonds is 4. The van der Waals surface area contributed by atoms with Crippen LogP contribution in [-0.4, -0.2) is 60.3 Å².